The van der Waals surface area contributed by atoms with Crippen molar-refractivity contribution in [3.05, 3.63) is 35.5 Å². The van der Waals surface area contributed by atoms with Crippen molar-refractivity contribution in [2.75, 3.05) is 13.1 Å². The van der Waals surface area contributed by atoms with Crippen molar-refractivity contribution in [3.63, 3.8) is 0 Å². The molecule has 1 aromatic carbocycles. The molecule has 5 rings (SSSR count). The van der Waals surface area contributed by atoms with Gasteiger partial charge in [0.05, 0.1) is 6.04 Å². The second-order valence-electron chi connectivity index (χ2n) is 7.36. The summed E-state index contributed by atoms with van der Waals surface area (Å²) in [6.07, 6.45) is 5.08. The summed E-state index contributed by atoms with van der Waals surface area (Å²) in [5.74, 6) is 1.85. The Bertz CT molecular complexity index is 747. The first-order valence-electron chi connectivity index (χ1n) is 8.65. The number of aromatic nitrogens is 1. The second kappa shape index (κ2) is 4.69. The summed E-state index contributed by atoms with van der Waals surface area (Å²) in [5.41, 5.74) is 4.23. The lowest BCUT2D eigenvalue weighted by Crippen LogP contribution is -2.47. The fourth-order valence-electron chi connectivity index (χ4n) is 5.10. The number of nitrogens with one attached hydrogen (secondary N) is 1. The van der Waals surface area contributed by atoms with Gasteiger partial charge in [-0.2, -0.15) is 0 Å². The van der Waals surface area contributed by atoms with Gasteiger partial charge in [-0.3, -0.25) is 9.69 Å². The van der Waals surface area contributed by atoms with Crippen LogP contribution in [0.5, 0.6) is 0 Å². The van der Waals surface area contributed by atoms with Gasteiger partial charge < -0.3 is 4.98 Å². The van der Waals surface area contributed by atoms with Crippen LogP contribution in [0.2, 0.25) is 0 Å². The zero-order chi connectivity index (χ0) is 14.7. The molecule has 1 saturated carbocycles. The molecule has 1 aromatic heterocycles. The van der Waals surface area contributed by atoms with E-state index < -0.39 is 0 Å². The van der Waals surface area contributed by atoms with Gasteiger partial charge in [0.2, 0.25) is 0 Å². The molecule has 2 fully saturated rings. The highest BCUT2D eigenvalue weighted by molar-refractivity contribution is 5.85. The van der Waals surface area contributed by atoms with Crippen LogP contribution in [0.1, 0.15) is 43.0 Å². The van der Waals surface area contributed by atoms with E-state index in [9.17, 15) is 4.79 Å². The van der Waals surface area contributed by atoms with Crippen LogP contribution in [0.3, 0.4) is 0 Å². The number of piperidine rings is 1. The molecule has 0 bridgehead atoms. The monoisotopic (exact) mass is 294 g/mol. The van der Waals surface area contributed by atoms with E-state index in [2.05, 4.69) is 34.1 Å². The Balaban J connectivity index is 1.54. The number of carbonyl (C=O) groups excluding carboxylic acids is 1. The van der Waals surface area contributed by atoms with Crippen molar-refractivity contribution < 1.29 is 4.79 Å². The third-order valence-corrected chi connectivity index (χ3v) is 6.22. The highest BCUT2D eigenvalue weighted by atomic mass is 16.1. The zero-order valence-electron chi connectivity index (χ0n) is 12.8. The number of carbonyl (C=O) groups is 1. The predicted molar refractivity (Wildman–Crippen MR) is 86.8 cm³/mol. The number of hydrogen-bond donors (Lipinski definition) is 1. The number of rotatable bonds is 0. The second-order valence-corrected chi connectivity index (χ2v) is 7.36. The Labute approximate surface area is 130 Å². The average molecular weight is 294 g/mol. The van der Waals surface area contributed by atoms with E-state index in [-0.39, 0.29) is 0 Å². The highest BCUT2D eigenvalue weighted by Crippen LogP contribution is 2.46. The molecular weight excluding hydrogens is 272 g/mol. The van der Waals surface area contributed by atoms with Crippen LogP contribution in [0.15, 0.2) is 24.3 Å². The first kappa shape index (κ1) is 12.9. The maximum Gasteiger partial charge on any atom is 0.133 e. The van der Waals surface area contributed by atoms with Crippen LogP contribution in [-0.4, -0.2) is 28.8 Å². The van der Waals surface area contributed by atoms with Crippen LogP contribution in [-0.2, 0) is 11.2 Å². The van der Waals surface area contributed by atoms with E-state index in [0.717, 1.165) is 38.0 Å². The molecule has 2 aromatic rings. The van der Waals surface area contributed by atoms with Gasteiger partial charge in [-0.25, -0.2) is 0 Å². The van der Waals surface area contributed by atoms with E-state index >= 15 is 0 Å². The predicted octanol–water partition coefficient (Wildman–Crippen LogP) is 3.46. The van der Waals surface area contributed by atoms with Gasteiger partial charge in [0.15, 0.2) is 0 Å². The standard InChI is InChI=1S/C19H22N2O/c22-14-6-5-12-11-21-8-7-16-15-3-1-2-4-17(15)20-19(16)18(21)10-13(12)9-14/h1-4,12-13,18,20H,5-11H2/t12-,13-,18-/m0/s1. The number of ketones is 1. The molecule has 0 amide bonds. The summed E-state index contributed by atoms with van der Waals surface area (Å²) >= 11 is 0. The molecule has 1 saturated heterocycles. The quantitative estimate of drug-likeness (QED) is 0.808. The van der Waals surface area contributed by atoms with Crippen molar-refractivity contribution in [2.45, 2.75) is 38.1 Å². The van der Waals surface area contributed by atoms with Crippen molar-refractivity contribution in [1.82, 2.24) is 9.88 Å². The molecule has 0 unspecified atom stereocenters. The number of fused-ring (bicyclic) bond motifs is 6. The molecule has 1 N–H and O–H groups in total. The third-order valence-electron chi connectivity index (χ3n) is 6.22. The number of H-pyrrole nitrogens is 1. The summed E-state index contributed by atoms with van der Waals surface area (Å²) in [6.45, 7) is 2.37. The number of benzene rings is 1. The Hall–Kier alpha value is -1.61. The fraction of sp³-hybridized carbons (Fsp3) is 0.526. The van der Waals surface area contributed by atoms with Crippen LogP contribution < -0.4 is 0 Å². The van der Waals surface area contributed by atoms with E-state index in [1.54, 1.807) is 0 Å². The summed E-state index contributed by atoms with van der Waals surface area (Å²) in [4.78, 5) is 18.2. The van der Waals surface area contributed by atoms with Gasteiger partial charge in [-0.05, 0) is 42.7 Å². The van der Waals surface area contributed by atoms with E-state index in [0.29, 0.717) is 17.7 Å². The topological polar surface area (TPSA) is 36.1 Å². The van der Waals surface area contributed by atoms with Gasteiger partial charge in [0.1, 0.15) is 5.78 Å². The van der Waals surface area contributed by atoms with Crippen LogP contribution in [0.25, 0.3) is 10.9 Å². The molecule has 3 heterocycles. The Morgan fingerprint density at radius 1 is 1.14 bits per heavy atom. The molecule has 3 aliphatic rings. The minimum Gasteiger partial charge on any atom is -0.357 e. The lowest BCUT2D eigenvalue weighted by molar-refractivity contribution is -0.124. The van der Waals surface area contributed by atoms with Crippen LogP contribution >= 0.6 is 0 Å². The lowest BCUT2D eigenvalue weighted by atomic mass is 9.71. The van der Waals surface area contributed by atoms with Gasteiger partial charge in [0, 0.05) is 42.5 Å². The molecule has 0 spiro atoms. The molecule has 3 nitrogen and oxygen atoms in total. The molecule has 0 radical (unpaired) electrons. The molecular formula is C19H22N2O. The highest BCUT2D eigenvalue weighted by Gasteiger charge is 2.42. The van der Waals surface area contributed by atoms with E-state index in [1.165, 1.54) is 35.2 Å². The smallest absolute Gasteiger partial charge is 0.133 e. The Kier molecular flexibility index (Phi) is 2.75. The summed E-state index contributed by atoms with van der Waals surface area (Å²) in [7, 11) is 0. The molecule has 3 heteroatoms. The number of nitrogens with zero attached hydrogens (tertiary/aromatic N) is 1. The van der Waals surface area contributed by atoms with Crippen LogP contribution in [0.4, 0.5) is 0 Å². The van der Waals surface area contributed by atoms with Crippen molar-refractivity contribution in [3.8, 4) is 0 Å². The van der Waals surface area contributed by atoms with E-state index in [1.807, 2.05) is 0 Å². The third kappa shape index (κ3) is 1.81. The number of para-hydroxylation sites is 1. The average Bonchev–Trinajstić information content (AvgIpc) is 2.92. The number of aromatic amines is 1. The van der Waals surface area contributed by atoms with Gasteiger partial charge in [-0.15, -0.1) is 0 Å². The minimum absolute atomic E-state index is 0.488. The lowest BCUT2D eigenvalue weighted by Gasteiger charge is -2.47. The van der Waals surface area contributed by atoms with Gasteiger partial charge >= 0.3 is 0 Å². The minimum atomic E-state index is 0.488. The van der Waals surface area contributed by atoms with E-state index in [4.69, 9.17) is 0 Å². The Morgan fingerprint density at radius 2 is 2.05 bits per heavy atom. The molecule has 22 heavy (non-hydrogen) atoms. The molecule has 114 valence electrons. The number of Topliss-reactive ketones (excluding diaryl/α,β-unsaturated/α-hetero) is 1. The maximum atomic E-state index is 11.8. The summed E-state index contributed by atoms with van der Waals surface area (Å²) in [5, 5.41) is 1.40. The molecule has 1 aliphatic carbocycles. The first-order chi connectivity index (χ1) is 10.8. The zero-order valence-corrected chi connectivity index (χ0v) is 12.8. The SMILES string of the molecule is O=C1CC[C@H]2CN3CCc4c([nH]c5ccccc45)[C@@H]3C[C@@H]2C1. The first-order valence-corrected chi connectivity index (χ1v) is 8.65. The van der Waals surface area contributed by atoms with Crippen molar-refractivity contribution in [1.29, 1.82) is 0 Å². The van der Waals surface area contributed by atoms with Crippen molar-refractivity contribution in [2.24, 2.45) is 11.8 Å². The molecule has 2 aliphatic heterocycles. The van der Waals surface area contributed by atoms with Gasteiger partial charge in [0.25, 0.3) is 0 Å². The van der Waals surface area contributed by atoms with Crippen LogP contribution in [0, 0.1) is 11.8 Å². The van der Waals surface area contributed by atoms with Crippen molar-refractivity contribution >= 4 is 16.7 Å². The maximum absolute atomic E-state index is 11.8. The normalized spacial score (nSPS) is 31.6. The molecule has 3 atom stereocenters. The Morgan fingerprint density at radius 3 is 3.00 bits per heavy atom. The number of hydrogen-bond acceptors (Lipinski definition) is 2. The summed E-state index contributed by atoms with van der Waals surface area (Å²) in [6, 6.07) is 9.19. The summed E-state index contributed by atoms with van der Waals surface area (Å²) < 4.78 is 0. The largest absolute Gasteiger partial charge is 0.357 e. The van der Waals surface area contributed by atoms with Gasteiger partial charge in [-0.1, -0.05) is 18.2 Å². The fourth-order valence-corrected chi connectivity index (χ4v) is 5.10.